The van der Waals surface area contributed by atoms with Gasteiger partial charge in [-0.25, -0.2) is 4.79 Å². The minimum atomic E-state index is -0.748. The predicted octanol–water partition coefficient (Wildman–Crippen LogP) is 5.30. The number of benzene rings is 2. The molecule has 1 amide bonds. The van der Waals surface area contributed by atoms with Gasteiger partial charge in [-0.2, -0.15) is 0 Å². The number of halogens is 2. The van der Waals surface area contributed by atoms with E-state index in [-0.39, 0.29) is 27.2 Å². The van der Waals surface area contributed by atoms with Gasteiger partial charge in [0.05, 0.1) is 17.2 Å². The van der Waals surface area contributed by atoms with E-state index in [1.165, 1.54) is 7.11 Å². The number of aryl methyl sites for hydroxylation is 2. The molecule has 0 fully saturated rings. The summed E-state index contributed by atoms with van der Waals surface area (Å²) in [4.78, 5) is 25.0. The van der Waals surface area contributed by atoms with Crippen molar-refractivity contribution in [1.29, 1.82) is 0 Å². The first-order valence-electron chi connectivity index (χ1n) is 8.24. The highest BCUT2D eigenvalue weighted by Gasteiger charge is 2.28. The number of anilines is 1. The third kappa shape index (κ3) is 3.74. The van der Waals surface area contributed by atoms with Crippen molar-refractivity contribution in [1.82, 2.24) is 5.16 Å². The van der Waals surface area contributed by atoms with Crippen molar-refractivity contribution in [3.63, 3.8) is 0 Å². The summed E-state index contributed by atoms with van der Waals surface area (Å²) in [6.45, 7) is 3.85. The zero-order chi connectivity index (χ0) is 20.4. The molecule has 0 bridgehead atoms. The second-order valence-electron chi connectivity index (χ2n) is 6.08. The maximum Gasteiger partial charge on any atom is 0.345 e. The number of amides is 1. The zero-order valence-corrected chi connectivity index (χ0v) is 16.8. The quantitative estimate of drug-likeness (QED) is 0.580. The molecule has 0 unspecified atom stereocenters. The standard InChI is InChI=1S/C20H16Cl2N2O4/c1-10-7-8-12(9-11(10)2)18(25)23-19-16(20(26)27-3)17(24-28-19)15-13(21)5-4-6-14(15)22/h4-9H,1-3H3,(H,23,25). The minimum absolute atomic E-state index is 0.0744. The maximum atomic E-state index is 12.6. The Labute approximate surface area is 171 Å². The molecule has 3 aromatic rings. The van der Waals surface area contributed by atoms with Crippen LogP contribution < -0.4 is 5.32 Å². The molecule has 8 heteroatoms. The monoisotopic (exact) mass is 418 g/mol. The van der Waals surface area contributed by atoms with Crippen molar-refractivity contribution in [3.8, 4) is 11.3 Å². The number of carbonyl (C=O) groups is 2. The van der Waals surface area contributed by atoms with Crippen LogP contribution >= 0.6 is 23.2 Å². The second kappa shape index (κ2) is 8.04. The number of rotatable bonds is 4. The highest BCUT2D eigenvalue weighted by atomic mass is 35.5. The SMILES string of the molecule is COC(=O)c1c(-c2c(Cl)cccc2Cl)noc1NC(=O)c1ccc(C)c(C)c1. The zero-order valence-electron chi connectivity index (χ0n) is 15.3. The van der Waals surface area contributed by atoms with Crippen molar-refractivity contribution in [2.45, 2.75) is 13.8 Å². The molecule has 0 aliphatic heterocycles. The Bertz CT molecular complexity index is 1060. The number of aromatic nitrogens is 1. The van der Waals surface area contributed by atoms with Crippen LogP contribution in [0.25, 0.3) is 11.3 Å². The van der Waals surface area contributed by atoms with Gasteiger partial charge in [0, 0.05) is 11.1 Å². The third-order valence-corrected chi connectivity index (χ3v) is 4.91. The predicted molar refractivity (Wildman–Crippen MR) is 107 cm³/mol. The minimum Gasteiger partial charge on any atom is -0.465 e. The van der Waals surface area contributed by atoms with Gasteiger partial charge in [0.25, 0.3) is 5.91 Å². The molecule has 0 saturated carbocycles. The number of carbonyl (C=O) groups excluding carboxylic acids is 2. The fraction of sp³-hybridized carbons (Fsp3) is 0.150. The Morgan fingerprint density at radius 2 is 1.75 bits per heavy atom. The molecule has 0 atom stereocenters. The van der Waals surface area contributed by atoms with E-state index in [0.717, 1.165) is 11.1 Å². The summed E-state index contributed by atoms with van der Waals surface area (Å²) in [5.41, 5.74) is 2.74. The summed E-state index contributed by atoms with van der Waals surface area (Å²) in [7, 11) is 1.21. The summed E-state index contributed by atoms with van der Waals surface area (Å²) in [6.07, 6.45) is 0. The molecule has 1 heterocycles. The molecule has 0 aliphatic rings. The summed E-state index contributed by atoms with van der Waals surface area (Å²) in [5.74, 6) is -1.36. The Hall–Kier alpha value is -2.83. The average molecular weight is 419 g/mol. The smallest absolute Gasteiger partial charge is 0.345 e. The number of hydrogen-bond donors (Lipinski definition) is 1. The van der Waals surface area contributed by atoms with E-state index in [0.29, 0.717) is 11.1 Å². The lowest BCUT2D eigenvalue weighted by molar-refractivity contribution is 0.0602. The van der Waals surface area contributed by atoms with E-state index in [1.54, 1.807) is 30.3 Å². The topological polar surface area (TPSA) is 81.4 Å². The van der Waals surface area contributed by atoms with Gasteiger partial charge in [-0.15, -0.1) is 0 Å². The molecule has 6 nitrogen and oxygen atoms in total. The van der Waals surface area contributed by atoms with Crippen LogP contribution in [0.4, 0.5) is 5.88 Å². The molecule has 0 radical (unpaired) electrons. The molecule has 1 N–H and O–H groups in total. The highest BCUT2D eigenvalue weighted by Crippen LogP contribution is 2.38. The van der Waals surface area contributed by atoms with Crippen LogP contribution in [0.2, 0.25) is 10.0 Å². The first-order chi connectivity index (χ1) is 13.3. The molecule has 2 aromatic carbocycles. The van der Waals surface area contributed by atoms with Crippen LogP contribution in [-0.2, 0) is 4.74 Å². The summed E-state index contributed by atoms with van der Waals surface area (Å²) in [6, 6.07) is 10.1. The number of nitrogens with one attached hydrogen (secondary N) is 1. The van der Waals surface area contributed by atoms with Gasteiger partial charge in [0.15, 0.2) is 5.56 Å². The van der Waals surface area contributed by atoms with E-state index in [2.05, 4.69) is 10.5 Å². The molecule has 0 aliphatic carbocycles. The number of ether oxygens (including phenoxy) is 1. The number of hydrogen-bond acceptors (Lipinski definition) is 5. The van der Waals surface area contributed by atoms with E-state index in [9.17, 15) is 9.59 Å². The van der Waals surface area contributed by atoms with Crippen LogP contribution in [0.1, 0.15) is 31.8 Å². The van der Waals surface area contributed by atoms with Crippen molar-refractivity contribution in [2.75, 3.05) is 12.4 Å². The molecular formula is C20H16Cl2N2O4. The molecule has 1 aromatic heterocycles. The molecule has 28 heavy (non-hydrogen) atoms. The Morgan fingerprint density at radius 3 is 2.36 bits per heavy atom. The molecule has 0 saturated heterocycles. The van der Waals surface area contributed by atoms with Gasteiger partial charge < -0.3 is 9.26 Å². The normalized spacial score (nSPS) is 10.6. The lowest BCUT2D eigenvalue weighted by Gasteiger charge is -2.07. The second-order valence-corrected chi connectivity index (χ2v) is 6.89. The average Bonchev–Trinajstić information content (AvgIpc) is 3.06. The molecular weight excluding hydrogens is 403 g/mol. The van der Waals surface area contributed by atoms with Gasteiger partial charge in [-0.3, -0.25) is 10.1 Å². The van der Waals surface area contributed by atoms with Crippen molar-refractivity contribution in [3.05, 3.63) is 68.7 Å². The third-order valence-electron chi connectivity index (χ3n) is 4.28. The van der Waals surface area contributed by atoms with E-state index in [4.69, 9.17) is 32.5 Å². The number of esters is 1. The lowest BCUT2D eigenvalue weighted by atomic mass is 10.1. The fourth-order valence-corrected chi connectivity index (χ4v) is 3.20. The van der Waals surface area contributed by atoms with Gasteiger partial charge in [0.1, 0.15) is 5.69 Å². The van der Waals surface area contributed by atoms with Crippen LogP contribution in [0.5, 0.6) is 0 Å². The Morgan fingerprint density at radius 1 is 1.07 bits per heavy atom. The summed E-state index contributed by atoms with van der Waals surface area (Å²) in [5, 5.41) is 7.01. The molecule has 144 valence electrons. The molecule has 0 spiro atoms. The Kier molecular flexibility index (Phi) is 5.72. The maximum absolute atomic E-state index is 12.6. The highest BCUT2D eigenvalue weighted by molar-refractivity contribution is 6.39. The van der Waals surface area contributed by atoms with E-state index in [1.807, 2.05) is 19.9 Å². The van der Waals surface area contributed by atoms with E-state index >= 15 is 0 Å². The van der Waals surface area contributed by atoms with Crippen LogP contribution in [0, 0.1) is 13.8 Å². The molecule has 3 rings (SSSR count). The number of methoxy groups -OCH3 is 1. The van der Waals surface area contributed by atoms with Crippen molar-refractivity contribution < 1.29 is 18.8 Å². The van der Waals surface area contributed by atoms with Crippen LogP contribution in [0.3, 0.4) is 0 Å². The number of nitrogens with zero attached hydrogens (tertiary/aromatic N) is 1. The van der Waals surface area contributed by atoms with Gasteiger partial charge >= 0.3 is 5.97 Å². The van der Waals surface area contributed by atoms with Crippen molar-refractivity contribution in [2.24, 2.45) is 0 Å². The summed E-state index contributed by atoms with van der Waals surface area (Å²) < 4.78 is 10.1. The van der Waals surface area contributed by atoms with E-state index < -0.39 is 11.9 Å². The summed E-state index contributed by atoms with van der Waals surface area (Å²) >= 11 is 12.4. The van der Waals surface area contributed by atoms with Gasteiger partial charge in [-0.05, 0) is 49.2 Å². The van der Waals surface area contributed by atoms with Gasteiger partial charge in [0.2, 0.25) is 5.88 Å². The largest absolute Gasteiger partial charge is 0.465 e. The fourth-order valence-electron chi connectivity index (χ4n) is 2.62. The van der Waals surface area contributed by atoms with Gasteiger partial charge in [-0.1, -0.05) is 40.5 Å². The van der Waals surface area contributed by atoms with Crippen molar-refractivity contribution >= 4 is 41.0 Å². The van der Waals surface area contributed by atoms with Crippen LogP contribution in [0.15, 0.2) is 40.9 Å². The Balaban J connectivity index is 2.05. The lowest BCUT2D eigenvalue weighted by Crippen LogP contribution is -2.15. The first-order valence-corrected chi connectivity index (χ1v) is 9.00. The first kappa shape index (κ1) is 19.9. The van der Waals surface area contributed by atoms with Crippen LogP contribution in [-0.4, -0.2) is 24.1 Å².